The number of fused-ring (bicyclic) bond motifs is 1. The van der Waals surface area contributed by atoms with Crippen LogP contribution < -0.4 is 16.4 Å². The molecular weight excluding hydrogens is 510 g/mol. The number of aliphatic carboxylic acids is 1. The average molecular weight is 548 g/mol. The molecule has 4 atom stereocenters. The van der Waals surface area contributed by atoms with Gasteiger partial charge in [-0.05, 0) is 42.4 Å². The molecule has 0 bridgehead atoms. The third kappa shape index (κ3) is 6.69. The summed E-state index contributed by atoms with van der Waals surface area (Å²) < 4.78 is 0. The number of nitrogens with two attached hydrogens (primary N) is 1. The zero-order valence-corrected chi connectivity index (χ0v) is 22.8. The van der Waals surface area contributed by atoms with Gasteiger partial charge in [0.1, 0.15) is 18.1 Å². The van der Waals surface area contributed by atoms with E-state index < -0.39 is 42.0 Å². The van der Waals surface area contributed by atoms with Crippen LogP contribution in [0.1, 0.15) is 37.8 Å². The smallest absolute Gasteiger partial charge is 0.326 e. The molecule has 212 valence electrons. The molecule has 1 aliphatic rings. The summed E-state index contributed by atoms with van der Waals surface area (Å²) in [5, 5.41) is 16.0. The number of benzene rings is 2. The summed E-state index contributed by atoms with van der Waals surface area (Å²) in [5.41, 5.74) is 8.99. The van der Waals surface area contributed by atoms with Crippen LogP contribution in [0, 0.1) is 5.92 Å². The van der Waals surface area contributed by atoms with Gasteiger partial charge in [-0.2, -0.15) is 0 Å². The van der Waals surface area contributed by atoms with Gasteiger partial charge in [-0.15, -0.1) is 0 Å². The first-order valence-corrected chi connectivity index (χ1v) is 13.6. The Hall–Kier alpha value is -4.18. The minimum atomic E-state index is -1.16. The Morgan fingerprint density at radius 3 is 2.42 bits per heavy atom. The van der Waals surface area contributed by atoms with Crippen LogP contribution in [0.4, 0.5) is 0 Å². The number of amides is 3. The molecule has 3 amide bonds. The maximum absolute atomic E-state index is 13.4. The molecule has 0 spiro atoms. The van der Waals surface area contributed by atoms with Crippen molar-refractivity contribution < 1.29 is 24.3 Å². The van der Waals surface area contributed by atoms with E-state index in [2.05, 4.69) is 15.6 Å². The molecule has 40 heavy (non-hydrogen) atoms. The number of carboxylic acid groups (broad SMARTS) is 1. The van der Waals surface area contributed by atoms with Crippen molar-refractivity contribution in [3.8, 4) is 0 Å². The van der Waals surface area contributed by atoms with Crippen LogP contribution in [0.5, 0.6) is 0 Å². The molecule has 2 heterocycles. The van der Waals surface area contributed by atoms with E-state index in [1.54, 1.807) is 38.1 Å². The quantitative estimate of drug-likeness (QED) is 0.247. The number of hydrogen-bond acceptors (Lipinski definition) is 5. The van der Waals surface area contributed by atoms with Crippen molar-refractivity contribution in [2.75, 3.05) is 6.54 Å². The lowest BCUT2D eigenvalue weighted by molar-refractivity contribution is -0.143. The van der Waals surface area contributed by atoms with Crippen molar-refractivity contribution in [1.29, 1.82) is 0 Å². The van der Waals surface area contributed by atoms with Crippen molar-refractivity contribution in [3.05, 3.63) is 71.9 Å². The zero-order valence-electron chi connectivity index (χ0n) is 22.8. The molecule has 0 radical (unpaired) electrons. The first kappa shape index (κ1) is 28.8. The van der Waals surface area contributed by atoms with Gasteiger partial charge in [-0.3, -0.25) is 14.4 Å². The average Bonchev–Trinajstić information content (AvgIpc) is 3.59. The summed E-state index contributed by atoms with van der Waals surface area (Å²) in [5.74, 6) is -2.83. The standard InChI is InChI=1S/C30H37N5O5/c1-18(2)26(28(37)33-24(30(39)40)15-19-9-4-3-5-10-19)34-27(36)25-13-8-14-35(25)29(38)22(31)16-20-17-32-23-12-7-6-11-21(20)23/h3-7,9-12,17-18,22,24-26,32H,8,13-16,31H2,1-2H3,(H,33,37)(H,34,36)(H,39,40). The highest BCUT2D eigenvalue weighted by molar-refractivity contribution is 5.95. The molecule has 0 saturated carbocycles. The van der Waals surface area contributed by atoms with Gasteiger partial charge in [0.2, 0.25) is 17.7 Å². The van der Waals surface area contributed by atoms with Crippen LogP contribution in [0.2, 0.25) is 0 Å². The third-order valence-electron chi connectivity index (χ3n) is 7.41. The van der Waals surface area contributed by atoms with Crippen LogP contribution in [-0.4, -0.2) is 69.4 Å². The Labute approximate surface area is 233 Å². The van der Waals surface area contributed by atoms with Crippen molar-refractivity contribution >= 4 is 34.6 Å². The second kappa shape index (κ2) is 12.8. The summed E-state index contributed by atoms with van der Waals surface area (Å²) in [6.45, 7) is 3.94. The van der Waals surface area contributed by atoms with E-state index in [0.717, 1.165) is 22.0 Å². The molecule has 10 nitrogen and oxygen atoms in total. The molecule has 2 aromatic carbocycles. The zero-order chi connectivity index (χ0) is 28.8. The number of aromatic amines is 1. The Morgan fingerprint density at radius 1 is 1.02 bits per heavy atom. The topological polar surface area (TPSA) is 158 Å². The largest absolute Gasteiger partial charge is 0.480 e. The van der Waals surface area contributed by atoms with Gasteiger partial charge in [-0.25, -0.2) is 4.79 Å². The van der Waals surface area contributed by atoms with Crippen LogP contribution >= 0.6 is 0 Å². The van der Waals surface area contributed by atoms with Gasteiger partial charge in [0.05, 0.1) is 6.04 Å². The van der Waals surface area contributed by atoms with Crippen molar-refractivity contribution in [2.24, 2.45) is 11.7 Å². The van der Waals surface area contributed by atoms with Gasteiger partial charge < -0.3 is 31.4 Å². The van der Waals surface area contributed by atoms with Gasteiger partial charge in [0, 0.05) is 30.1 Å². The number of H-pyrrole nitrogens is 1. The number of carbonyl (C=O) groups excluding carboxylic acids is 3. The number of nitrogens with zero attached hydrogens (tertiary/aromatic N) is 1. The highest BCUT2D eigenvalue weighted by Gasteiger charge is 2.38. The van der Waals surface area contributed by atoms with E-state index in [-0.39, 0.29) is 18.2 Å². The molecule has 0 aliphatic carbocycles. The molecule has 10 heteroatoms. The predicted molar refractivity (Wildman–Crippen MR) is 151 cm³/mol. The van der Waals surface area contributed by atoms with Gasteiger partial charge in [0.25, 0.3) is 0 Å². The van der Waals surface area contributed by atoms with Crippen molar-refractivity contribution in [1.82, 2.24) is 20.5 Å². The monoisotopic (exact) mass is 547 g/mol. The Morgan fingerprint density at radius 2 is 1.73 bits per heavy atom. The van der Waals surface area contributed by atoms with Crippen LogP contribution in [-0.2, 0) is 32.0 Å². The first-order chi connectivity index (χ1) is 19.2. The lowest BCUT2D eigenvalue weighted by Gasteiger charge is -2.29. The maximum atomic E-state index is 13.4. The van der Waals surface area contributed by atoms with E-state index in [1.807, 2.05) is 36.5 Å². The van der Waals surface area contributed by atoms with E-state index >= 15 is 0 Å². The van der Waals surface area contributed by atoms with Crippen molar-refractivity contribution in [3.63, 3.8) is 0 Å². The molecule has 1 fully saturated rings. The van der Waals surface area contributed by atoms with Crippen molar-refractivity contribution in [2.45, 2.75) is 63.7 Å². The van der Waals surface area contributed by atoms with E-state index in [4.69, 9.17) is 5.73 Å². The number of hydrogen-bond donors (Lipinski definition) is 5. The third-order valence-corrected chi connectivity index (χ3v) is 7.41. The fraction of sp³-hybridized carbons (Fsp3) is 0.400. The van der Waals surface area contributed by atoms with Crippen LogP contribution in [0.15, 0.2) is 60.8 Å². The molecule has 1 aliphatic heterocycles. The lowest BCUT2D eigenvalue weighted by atomic mass is 10.0. The second-order valence-electron chi connectivity index (χ2n) is 10.7. The molecule has 4 rings (SSSR count). The normalized spacial score (nSPS) is 17.4. The molecule has 1 aromatic heterocycles. The number of para-hydroxylation sites is 1. The summed E-state index contributed by atoms with van der Waals surface area (Å²) >= 11 is 0. The van der Waals surface area contributed by atoms with Gasteiger partial charge in [-0.1, -0.05) is 62.4 Å². The van der Waals surface area contributed by atoms with E-state index in [9.17, 15) is 24.3 Å². The van der Waals surface area contributed by atoms with Crippen LogP contribution in [0.3, 0.4) is 0 Å². The van der Waals surface area contributed by atoms with E-state index in [1.165, 1.54) is 4.90 Å². The highest BCUT2D eigenvalue weighted by atomic mass is 16.4. The fourth-order valence-corrected chi connectivity index (χ4v) is 5.24. The van der Waals surface area contributed by atoms with Crippen LogP contribution in [0.25, 0.3) is 10.9 Å². The first-order valence-electron chi connectivity index (χ1n) is 13.6. The minimum Gasteiger partial charge on any atom is -0.480 e. The molecule has 6 N–H and O–H groups in total. The number of carbonyl (C=O) groups is 4. The summed E-state index contributed by atoms with van der Waals surface area (Å²) in [6.07, 6.45) is 3.37. The summed E-state index contributed by atoms with van der Waals surface area (Å²) in [4.78, 5) is 56.4. The number of carboxylic acids is 1. The Balaban J connectivity index is 1.40. The SMILES string of the molecule is CC(C)C(NC(=O)C1CCCN1C(=O)C(N)Cc1c[nH]c2ccccc12)C(=O)NC(Cc1ccccc1)C(=O)O. The second-order valence-corrected chi connectivity index (χ2v) is 10.7. The summed E-state index contributed by atoms with van der Waals surface area (Å²) in [6, 6.07) is 13.1. The highest BCUT2D eigenvalue weighted by Crippen LogP contribution is 2.22. The predicted octanol–water partition coefficient (Wildman–Crippen LogP) is 1.98. The molecule has 4 unspecified atom stereocenters. The minimum absolute atomic E-state index is 0.111. The Kier molecular flexibility index (Phi) is 9.21. The van der Waals surface area contributed by atoms with Gasteiger partial charge >= 0.3 is 5.97 Å². The molecular formula is C30H37N5O5. The Bertz CT molecular complexity index is 1350. The fourth-order valence-electron chi connectivity index (χ4n) is 5.24. The van der Waals surface area contributed by atoms with Gasteiger partial charge in [0.15, 0.2) is 0 Å². The number of nitrogens with one attached hydrogen (secondary N) is 3. The number of likely N-dealkylation sites (tertiary alicyclic amines) is 1. The molecule has 3 aromatic rings. The number of rotatable bonds is 11. The maximum Gasteiger partial charge on any atom is 0.326 e. The number of aromatic nitrogens is 1. The summed E-state index contributed by atoms with van der Waals surface area (Å²) in [7, 11) is 0. The molecule has 1 saturated heterocycles. The van der Waals surface area contributed by atoms with E-state index in [0.29, 0.717) is 25.8 Å². The lowest BCUT2D eigenvalue weighted by Crippen LogP contribution is -2.58.